The minimum Gasteiger partial charge on any atom is -0.480 e. The van der Waals surface area contributed by atoms with Crippen LogP contribution in [0.1, 0.15) is 0 Å². The number of hydrogen-bond acceptors (Lipinski definition) is 7. The van der Waals surface area contributed by atoms with Crippen molar-refractivity contribution < 1.29 is 19.1 Å². The summed E-state index contributed by atoms with van der Waals surface area (Å²) < 4.78 is 18.3. The van der Waals surface area contributed by atoms with Gasteiger partial charge in [0.1, 0.15) is 16.8 Å². The third-order valence-electron chi connectivity index (χ3n) is 3.16. The van der Waals surface area contributed by atoms with Crippen LogP contribution in [-0.4, -0.2) is 33.8 Å². The molecule has 0 aliphatic carbocycles. The predicted molar refractivity (Wildman–Crippen MR) is 99.0 cm³/mol. The maximum absolute atomic E-state index is 11.9. The van der Waals surface area contributed by atoms with Crippen LogP contribution in [-0.2, 0) is 14.3 Å². The van der Waals surface area contributed by atoms with E-state index < -0.39 is 18.5 Å². The summed E-state index contributed by atoms with van der Waals surface area (Å²) in [6.07, 6.45) is 0. The molecule has 0 fully saturated rings. The molecule has 3 aromatic rings. The fourth-order valence-corrected chi connectivity index (χ4v) is 3.02. The number of carbonyl (C=O) groups is 2. The lowest BCUT2D eigenvalue weighted by Gasteiger charge is -2.09. The number of rotatable bonds is 6. The minimum absolute atomic E-state index is 0.271. The van der Waals surface area contributed by atoms with Gasteiger partial charge in [-0.15, -0.1) is 0 Å². The number of fused-ring (bicyclic) bond motifs is 1. The highest BCUT2D eigenvalue weighted by Crippen LogP contribution is 2.27. The second-order valence-electron chi connectivity index (χ2n) is 5.01. The average molecular weight is 412 g/mol. The SMILES string of the molecule is O=C(COC(=O)COc1ccc(Cl)cc1Cl)Nc1cccc2nsnc12. The summed E-state index contributed by atoms with van der Waals surface area (Å²) in [7, 11) is 0. The van der Waals surface area contributed by atoms with Crippen LogP contribution in [0, 0.1) is 0 Å². The number of carbonyl (C=O) groups excluding carboxylic acids is 2. The van der Waals surface area contributed by atoms with Crippen molar-refractivity contribution in [1.29, 1.82) is 0 Å². The number of nitrogens with one attached hydrogen (secondary N) is 1. The zero-order chi connectivity index (χ0) is 18.5. The van der Waals surface area contributed by atoms with Crippen LogP contribution < -0.4 is 10.1 Å². The fourth-order valence-electron chi connectivity index (χ4n) is 2.01. The summed E-state index contributed by atoms with van der Waals surface area (Å²) in [5.74, 6) is -0.914. The van der Waals surface area contributed by atoms with Crippen molar-refractivity contribution in [2.75, 3.05) is 18.5 Å². The molecule has 7 nitrogen and oxygen atoms in total. The molecule has 1 aromatic heterocycles. The molecule has 0 saturated carbocycles. The normalized spacial score (nSPS) is 10.5. The number of ether oxygens (including phenoxy) is 2. The first-order valence-electron chi connectivity index (χ1n) is 7.27. The van der Waals surface area contributed by atoms with E-state index in [4.69, 9.17) is 32.7 Å². The minimum atomic E-state index is -0.709. The molecule has 0 atom stereocenters. The summed E-state index contributed by atoms with van der Waals surface area (Å²) in [5, 5.41) is 3.35. The quantitative estimate of drug-likeness (QED) is 0.623. The van der Waals surface area contributed by atoms with E-state index in [1.165, 1.54) is 12.1 Å². The van der Waals surface area contributed by atoms with E-state index >= 15 is 0 Å². The number of halogens is 2. The first-order chi connectivity index (χ1) is 12.5. The van der Waals surface area contributed by atoms with Gasteiger partial charge in [0.05, 0.1) is 22.4 Å². The number of benzene rings is 2. The van der Waals surface area contributed by atoms with Gasteiger partial charge in [-0.3, -0.25) is 4.79 Å². The summed E-state index contributed by atoms with van der Waals surface area (Å²) in [6.45, 7) is -0.843. The molecule has 10 heteroatoms. The van der Waals surface area contributed by atoms with E-state index in [0.717, 1.165) is 11.7 Å². The van der Waals surface area contributed by atoms with Gasteiger partial charge in [0.25, 0.3) is 5.91 Å². The molecule has 0 saturated heterocycles. The molecule has 2 aromatic carbocycles. The van der Waals surface area contributed by atoms with E-state index in [1.807, 2.05) is 0 Å². The van der Waals surface area contributed by atoms with Gasteiger partial charge in [0, 0.05) is 5.02 Å². The van der Waals surface area contributed by atoms with E-state index in [9.17, 15) is 9.59 Å². The summed E-state index contributed by atoms with van der Waals surface area (Å²) in [5.41, 5.74) is 1.76. The monoisotopic (exact) mass is 411 g/mol. The van der Waals surface area contributed by atoms with Crippen molar-refractivity contribution in [2.24, 2.45) is 0 Å². The van der Waals surface area contributed by atoms with Gasteiger partial charge in [-0.25, -0.2) is 4.79 Å². The molecule has 1 N–H and O–H groups in total. The lowest BCUT2D eigenvalue weighted by Crippen LogP contribution is -2.23. The first-order valence-corrected chi connectivity index (χ1v) is 8.76. The Kier molecular flexibility index (Phi) is 5.87. The Morgan fingerprint density at radius 3 is 2.77 bits per heavy atom. The smallest absolute Gasteiger partial charge is 0.344 e. The second-order valence-corrected chi connectivity index (χ2v) is 6.38. The molecular weight excluding hydrogens is 401 g/mol. The molecule has 0 unspecified atom stereocenters. The van der Waals surface area contributed by atoms with Gasteiger partial charge in [0.2, 0.25) is 0 Å². The Morgan fingerprint density at radius 1 is 1.12 bits per heavy atom. The van der Waals surface area contributed by atoms with Gasteiger partial charge in [-0.2, -0.15) is 8.75 Å². The van der Waals surface area contributed by atoms with Crippen LogP contribution in [0.25, 0.3) is 11.0 Å². The molecule has 26 heavy (non-hydrogen) atoms. The number of esters is 1. The molecule has 0 spiro atoms. The van der Waals surface area contributed by atoms with E-state index in [0.29, 0.717) is 27.5 Å². The fraction of sp³-hybridized carbons (Fsp3) is 0.125. The van der Waals surface area contributed by atoms with Crippen molar-refractivity contribution in [1.82, 2.24) is 8.75 Å². The maximum atomic E-state index is 11.9. The number of amides is 1. The van der Waals surface area contributed by atoms with Crippen molar-refractivity contribution in [3.8, 4) is 5.75 Å². The van der Waals surface area contributed by atoms with E-state index in [1.54, 1.807) is 24.3 Å². The van der Waals surface area contributed by atoms with E-state index in [2.05, 4.69) is 14.1 Å². The largest absolute Gasteiger partial charge is 0.480 e. The number of hydrogen-bond donors (Lipinski definition) is 1. The lowest BCUT2D eigenvalue weighted by molar-refractivity contribution is -0.149. The Bertz CT molecular complexity index is 964. The molecule has 0 aliphatic heterocycles. The average Bonchev–Trinajstić information content (AvgIpc) is 3.09. The van der Waals surface area contributed by atoms with Crippen LogP contribution in [0.4, 0.5) is 5.69 Å². The molecule has 1 heterocycles. The highest BCUT2D eigenvalue weighted by molar-refractivity contribution is 7.00. The molecule has 134 valence electrons. The van der Waals surface area contributed by atoms with Crippen LogP contribution >= 0.6 is 34.9 Å². The third kappa shape index (κ3) is 4.60. The molecule has 0 radical (unpaired) electrons. The summed E-state index contributed by atoms with van der Waals surface area (Å²) in [6, 6.07) is 9.83. The van der Waals surface area contributed by atoms with Crippen LogP contribution in [0.2, 0.25) is 10.0 Å². The van der Waals surface area contributed by atoms with Crippen LogP contribution in [0.5, 0.6) is 5.75 Å². The standard InChI is InChI=1S/C16H11Cl2N3O4S/c17-9-4-5-13(10(18)6-9)24-8-15(23)25-7-14(22)19-11-2-1-3-12-16(11)21-26-20-12/h1-6H,7-8H2,(H,19,22). The predicted octanol–water partition coefficient (Wildman–Crippen LogP) is 3.56. The topological polar surface area (TPSA) is 90.4 Å². The summed E-state index contributed by atoms with van der Waals surface area (Å²) >= 11 is 12.8. The maximum Gasteiger partial charge on any atom is 0.344 e. The number of nitrogens with zero attached hydrogens (tertiary/aromatic N) is 2. The van der Waals surface area contributed by atoms with Gasteiger partial charge in [-0.05, 0) is 30.3 Å². The van der Waals surface area contributed by atoms with E-state index in [-0.39, 0.29) is 11.6 Å². The van der Waals surface area contributed by atoms with Crippen LogP contribution in [0.15, 0.2) is 36.4 Å². The summed E-state index contributed by atoms with van der Waals surface area (Å²) in [4.78, 5) is 23.6. The molecule has 3 rings (SSSR count). The van der Waals surface area contributed by atoms with Crippen molar-refractivity contribution in [3.05, 3.63) is 46.4 Å². The zero-order valence-corrected chi connectivity index (χ0v) is 15.4. The molecule has 0 bridgehead atoms. The van der Waals surface area contributed by atoms with Gasteiger partial charge in [0.15, 0.2) is 13.2 Å². The first kappa shape index (κ1) is 18.4. The number of aromatic nitrogens is 2. The van der Waals surface area contributed by atoms with Crippen molar-refractivity contribution >= 4 is 63.5 Å². The third-order valence-corrected chi connectivity index (χ3v) is 4.24. The van der Waals surface area contributed by atoms with Crippen molar-refractivity contribution in [2.45, 2.75) is 0 Å². The lowest BCUT2D eigenvalue weighted by atomic mass is 10.2. The number of anilines is 1. The molecular formula is C16H11Cl2N3O4S. The van der Waals surface area contributed by atoms with Gasteiger partial charge >= 0.3 is 5.97 Å². The highest BCUT2D eigenvalue weighted by atomic mass is 35.5. The Morgan fingerprint density at radius 2 is 1.96 bits per heavy atom. The highest BCUT2D eigenvalue weighted by Gasteiger charge is 2.12. The molecule has 1 amide bonds. The zero-order valence-electron chi connectivity index (χ0n) is 13.1. The Balaban J connectivity index is 1.48. The Labute approximate surface area is 162 Å². The second kappa shape index (κ2) is 8.31. The van der Waals surface area contributed by atoms with Crippen molar-refractivity contribution in [3.63, 3.8) is 0 Å². The Hall–Kier alpha value is -2.42. The van der Waals surface area contributed by atoms with Gasteiger partial charge < -0.3 is 14.8 Å². The molecule has 0 aliphatic rings. The van der Waals surface area contributed by atoms with Gasteiger partial charge in [-0.1, -0.05) is 29.3 Å². The van der Waals surface area contributed by atoms with Crippen LogP contribution in [0.3, 0.4) is 0 Å².